The van der Waals surface area contributed by atoms with Gasteiger partial charge in [-0.25, -0.2) is 5.43 Å². The molecule has 0 radical (unpaired) electrons. The highest BCUT2D eigenvalue weighted by Crippen LogP contribution is 2.25. The number of nitrogens with zero attached hydrogens (tertiary/aromatic N) is 1. The van der Waals surface area contributed by atoms with Crippen LogP contribution >= 0.6 is 0 Å². The van der Waals surface area contributed by atoms with Gasteiger partial charge in [-0.1, -0.05) is 91.0 Å². The Balaban J connectivity index is 1.36. The van der Waals surface area contributed by atoms with E-state index in [-0.39, 0.29) is 12.5 Å². The standard InChI is InChI=1S/C26H22N2O2/c1-19(20-14-16-22(17-15-20)21-8-3-2-4-9-21)27-28-26(29)18-30-25-13-7-11-23-10-5-6-12-24(23)25/h2-17H,18H2,1H3,(H,28,29). The van der Waals surface area contributed by atoms with Gasteiger partial charge < -0.3 is 4.74 Å². The molecule has 0 bridgehead atoms. The molecular weight excluding hydrogens is 372 g/mol. The van der Waals surface area contributed by atoms with Gasteiger partial charge in [-0.2, -0.15) is 5.10 Å². The van der Waals surface area contributed by atoms with E-state index in [9.17, 15) is 4.79 Å². The minimum Gasteiger partial charge on any atom is -0.483 e. The second-order valence-corrected chi connectivity index (χ2v) is 6.94. The molecule has 0 unspecified atom stereocenters. The van der Waals surface area contributed by atoms with Crippen LogP contribution in [-0.4, -0.2) is 18.2 Å². The molecule has 0 aliphatic heterocycles. The van der Waals surface area contributed by atoms with E-state index in [1.807, 2.05) is 79.7 Å². The van der Waals surface area contributed by atoms with Gasteiger partial charge in [0.25, 0.3) is 5.91 Å². The lowest BCUT2D eigenvalue weighted by Gasteiger charge is -2.09. The highest BCUT2D eigenvalue weighted by atomic mass is 16.5. The van der Waals surface area contributed by atoms with Gasteiger partial charge in [-0.15, -0.1) is 0 Å². The zero-order valence-electron chi connectivity index (χ0n) is 16.7. The quantitative estimate of drug-likeness (QED) is 0.350. The number of hydrazone groups is 1. The summed E-state index contributed by atoms with van der Waals surface area (Å²) in [5.41, 5.74) is 6.55. The van der Waals surface area contributed by atoms with Gasteiger partial charge in [0.2, 0.25) is 0 Å². The maximum absolute atomic E-state index is 12.2. The molecule has 4 aromatic rings. The van der Waals surface area contributed by atoms with E-state index >= 15 is 0 Å². The third kappa shape index (κ3) is 4.55. The number of rotatable bonds is 6. The van der Waals surface area contributed by atoms with E-state index in [2.05, 4.69) is 34.8 Å². The second kappa shape index (κ2) is 9.05. The van der Waals surface area contributed by atoms with Crippen LogP contribution in [0.5, 0.6) is 5.75 Å². The fraction of sp³-hybridized carbons (Fsp3) is 0.0769. The van der Waals surface area contributed by atoms with Crippen LogP contribution in [0.15, 0.2) is 102 Å². The van der Waals surface area contributed by atoms with Gasteiger partial charge in [-0.05, 0) is 35.1 Å². The van der Waals surface area contributed by atoms with Crippen LogP contribution in [0.4, 0.5) is 0 Å². The third-order valence-corrected chi connectivity index (χ3v) is 4.87. The Morgan fingerprint density at radius 2 is 1.47 bits per heavy atom. The summed E-state index contributed by atoms with van der Waals surface area (Å²) in [6, 6.07) is 32.0. The lowest BCUT2D eigenvalue weighted by atomic mass is 10.0. The predicted molar refractivity (Wildman–Crippen MR) is 122 cm³/mol. The van der Waals surface area contributed by atoms with Gasteiger partial charge >= 0.3 is 0 Å². The van der Waals surface area contributed by atoms with Crippen LogP contribution in [0.2, 0.25) is 0 Å². The van der Waals surface area contributed by atoms with Crippen molar-refractivity contribution in [2.75, 3.05) is 6.61 Å². The first kappa shape index (κ1) is 19.4. The third-order valence-electron chi connectivity index (χ3n) is 4.87. The molecule has 0 saturated carbocycles. The molecule has 4 aromatic carbocycles. The smallest absolute Gasteiger partial charge is 0.277 e. The molecule has 0 aliphatic rings. The number of amides is 1. The lowest BCUT2D eigenvalue weighted by Crippen LogP contribution is -2.25. The highest BCUT2D eigenvalue weighted by molar-refractivity contribution is 5.99. The van der Waals surface area contributed by atoms with Crippen molar-refractivity contribution in [3.63, 3.8) is 0 Å². The van der Waals surface area contributed by atoms with Crippen molar-refractivity contribution >= 4 is 22.4 Å². The van der Waals surface area contributed by atoms with Crippen molar-refractivity contribution in [2.45, 2.75) is 6.92 Å². The summed E-state index contributed by atoms with van der Waals surface area (Å²) < 4.78 is 5.70. The molecule has 4 nitrogen and oxygen atoms in total. The highest BCUT2D eigenvalue weighted by Gasteiger charge is 2.06. The molecule has 4 rings (SSSR count). The first-order valence-corrected chi connectivity index (χ1v) is 9.80. The van der Waals surface area contributed by atoms with Gasteiger partial charge in [-0.3, -0.25) is 4.79 Å². The largest absolute Gasteiger partial charge is 0.483 e. The van der Waals surface area contributed by atoms with Crippen LogP contribution in [0.25, 0.3) is 21.9 Å². The molecular formula is C26H22N2O2. The summed E-state index contributed by atoms with van der Waals surface area (Å²) in [5.74, 6) is 0.378. The van der Waals surface area contributed by atoms with Crippen LogP contribution in [0, 0.1) is 0 Å². The summed E-state index contributed by atoms with van der Waals surface area (Å²) >= 11 is 0. The van der Waals surface area contributed by atoms with Crippen molar-refractivity contribution < 1.29 is 9.53 Å². The molecule has 0 heterocycles. The fourth-order valence-corrected chi connectivity index (χ4v) is 3.24. The SMILES string of the molecule is CC(=NNC(=O)COc1cccc2ccccc12)c1ccc(-c2ccccc2)cc1. The van der Waals surface area contributed by atoms with Crippen LogP contribution in [-0.2, 0) is 4.79 Å². The summed E-state index contributed by atoms with van der Waals surface area (Å²) in [4.78, 5) is 12.2. The number of nitrogens with one attached hydrogen (secondary N) is 1. The Kier molecular flexibility index (Phi) is 5.85. The topological polar surface area (TPSA) is 50.7 Å². The Labute approximate surface area is 175 Å². The lowest BCUT2D eigenvalue weighted by molar-refractivity contribution is -0.123. The molecule has 0 atom stereocenters. The number of hydrogen-bond donors (Lipinski definition) is 1. The number of ether oxygens (including phenoxy) is 1. The predicted octanol–water partition coefficient (Wildman–Crippen LogP) is 5.43. The summed E-state index contributed by atoms with van der Waals surface area (Å²) in [6.07, 6.45) is 0. The number of hydrogen-bond acceptors (Lipinski definition) is 3. The maximum Gasteiger partial charge on any atom is 0.277 e. The van der Waals surface area contributed by atoms with E-state index in [4.69, 9.17) is 4.74 Å². The van der Waals surface area contributed by atoms with Gasteiger partial charge in [0.05, 0.1) is 5.71 Å². The minimum absolute atomic E-state index is 0.0995. The van der Waals surface area contributed by atoms with Crippen LogP contribution in [0.1, 0.15) is 12.5 Å². The Hall–Kier alpha value is -3.92. The Bertz CT molecular complexity index is 1180. The molecule has 0 saturated heterocycles. The molecule has 1 amide bonds. The molecule has 0 spiro atoms. The Morgan fingerprint density at radius 1 is 0.800 bits per heavy atom. The van der Waals surface area contributed by atoms with E-state index in [1.54, 1.807) is 0 Å². The van der Waals surface area contributed by atoms with Crippen molar-refractivity contribution in [3.8, 4) is 16.9 Å². The molecule has 1 N–H and O–H groups in total. The van der Waals surface area contributed by atoms with Crippen molar-refractivity contribution in [2.24, 2.45) is 5.10 Å². The molecule has 148 valence electrons. The van der Waals surface area contributed by atoms with Gasteiger partial charge in [0.1, 0.15) is 5.75 Å². The number of carbonyl (C=O) groups excluding carboxylic acids is 1. The van der Waals surface area contributed by atoms with Crippen LogP contribution < -0.4 is 10.2 Å². The number of benzene rings is 4. The van der Waals surface area contributed by atoms with E-state index in [0.717, 1.165) is 33.2 Å². The first-order chi connectivity index (χ1) is 14.7. The average molecular weight is 394 g/mol. The van der Waals surface area contributed by atoms with Crippen molar-refractivity contribution in [1.29, 1.82) is 0 Å². The normalized spacial score (nSPS) is 11.3. The average Bonchev–Trinajstić information content (AvgIpc) is 2.82. The van der Waals surface area contributed by atoms with E-state index in [0.29, 0.717) is 5.75 Å². The van der Waals surface area contributed by atoms with Gasteiger partial charge in [0.15, 0.2) is 6.61 Å². The second-order valence-electron chi connectivity index (χ2n) is 6.94. The zero-order chi connectivity index (χ0) is 20.8. The molecule has 0 fully saturated rings. The first-order valence-electron chi connectivity index (χ1n) is 9.80. The summed E-state index contributed by atoms with van der Waals surface area (Å²) in [5, 5.41) is 6.26. The number of carbonyl (C=O) groups is 1. The van der Waals surface area contributed by atoms with E-state index in [1.165, 1.54) is 0 Å². The fourth-order valence-electron chi connectivity index (χ4n) is 3.24. The van der Waals surface area contributed by atoms with E-state index < -0.39 is 0 Å². The number of fused-ring (bicyclic) bond motifs is 1. The Morgan fingerprint density at radius 3 is 2.27 bits per heavy atom. The minimum atomic E-state index is -0.303. The van der Waals surface area contributed by atoms with Crippen molar-refractivity contribution in [3.05, 3.63) is 103 Å². The summed E-state index contributed by atoms with van der Waals surface area (Å²) in [6.45, 7) is 1.76. The van der Waals surface area contributed by atoms with Crippen LogP contribution in [0.3, 0.4) is 0 Å². The molecule has 4 heteroatoms. The molecule has 0 aliphatic carbocycles. The van der Waals surface area contributed by atoms with Crippen molar-refractivity contribution in [1.82, 2.24) is 5.43 Å². The monoisotopic (exact) mass is 394 g/mol. The molecule has 0 aromatic heterocycles. The zero-order valence-corrected chi connectivity index (χ0v) is 16.7. The van der Waals surface area contributed by atoms with Gasteiger partial charge in [0, 0.05) is 5.39 Å². The summed E-state index contributed by atoms with van der Waals surface area (Å²) in [7, 11) is 0. The maximum atomic E-state index is 12.2. The molecule has 30 heavy (non-hydrogen) atoms.